The molecular weight excluding hydrogens is 836 g/mol. The lowest BCUT2D eigenvalue weighted by atomic mass is 9.90. The van der Waals surface area contributed by atoms with Gasteiger partial charge in [0.05, 0.1) is 0 Å². The molecule has 4 nitrogen and oxygen atoms in total. The van der Waals surface area contributed by atoms with E-state index in [1.807, 2.05) is 84.9 Å². The summed E-state index contributed by atoms with van der Waals surface area (Å²) in [5, 5.41) is 6.72. The molecule has 10 aromatic rings. The molecule has 1 unspecified atom stereocenters. The quantitative estimate of drug-likeness (QED) is 0.136. The van der Waals surface area contributed by atoms with Crippen LogP contribution < -0.4 is 15.9 Å². The highest BCUT2D eigenvalue weighted by Gasteiger charge is 2.29. The van der Waals surface area contributed by atoms with E-state index >= 15 is 4.57 Å². The van der Waals surface area contributed by atoms with Crippen molar-refractivity contribution in [3.8, 4) is 56.2 Å². The van der Waals surface area contributed by atoms with E-state index in [2.05, 4.69) is 97.1 Å². The van der Waals surface area contributed by atoms with Gasteiger partial charge in [-0.3, -0.25) is 0 Å². The van der Waals surface area contributed by atoms with E-state index in [1.54, 1.807) is 24.3 Å². The molecule has 11 rings (SSSR count). The van der Waals surface area contributed by atoms with E-state index in [4.69, 9.17) is 15.0 Å². The first-order valence-corrected chi connectivity index (χ1v) is 23.6. The summed E-state index contributed by atoms with van der Waals surface area (Å²) >= 11 is 0. The standard InChI is InChI=1S/C59H40F2N3OP/c60-44-29-23-42(24-30-44)57-62-58(43-25-31-45(61)32-26-43)64-59(63-57)56-38-37-51(54-17-9-10-18-55(54)56)40-21-19-39(20-22-40)49-35-36-50(53-16-8-7-15-52(49)53)41-27-33-48(34-28-41)66(65,46-11-3-1-4-12-46)47-13-5-2-6-14-47/h1-25,27-38,43H,26H2. The Bertz CT molecular complexity index is 3490. The molecule has 1 aliphatic carbocycles. The molecule has 9 aromatic carbocycles. The molecule has 0 saturated heterocycles. The van der Waals surface area contributed by atoms with Crippen LogP contribution in [0.2, 0.25) is 0 Å². The summed E-state index contributed by atoms with van der Waals surface area (Å²) < 4.78 is 43.0. The molecule has 0 amide bonds. The third kappa shape index (κ3) is 7.55. The van der Waals surface area contributed by atoms with Crippen LogP contribution in [0, 0.1) is 5.82 Å². The second kappa shape index (κ2) is 17.2. The second-order valence-electron chi connectivity index (χ2n) is 16.5. The van der Waals surface area contributed by atoms with Crippen LogP contribution >= 0.6 is 7.14 Å². The number of hydrogen-bond acceptors (Lipinski definition) is 4. The monoisotopic (exact) mass is 875 g/mol. The molecule has 1 heterocycles. The molecule has 1 aromatic heterocycles. The van der Waals surface area contributed by atoms with Crippen LogP contribution in [0.3, 0.4) is 0 Å². The van der Waals surface area contributed by atoms with E-state index in [0.29, 0.717) is 29.5 Å². The van der Waals surface area contributed by atoms with E-state index in [9.17, 15) is 8.78 Å². The number of benzene rings is 9. The summed E-state index contributed by atoms with van der Waals surface area (Å²) in [7, 11) is -3.09. The number of fused-ring (bicyclic) bond motifs is 2. The van der Waals surface area contributed by atoms with Gasteiger partial charge in [-0.05, 0) is 104 Å². The number of nitrogens with zero attached hydrogens (tertiary/aromatic N) is 3. The van der Waals surface area contributed by atoms with Crippen LogP contribution in [0.15, 0.2) is 230 Å². The van der Waals surface area contributed by atoms with Crippen molar-refractivity contribution in [3.63, 3.8) is 0 Å². The minimum absolute atomic E-state index is 0.235. The molecule has 0 fully saturated rings. The Hall–Kier alpha value is -7.92. The highest BCUT2D eigenvalue weighted by Crippen LogP contribution is 2.44. The highest BCUT2D eigenvalue weighted by molar-refractivity contribution is 7.85. The molecule has 316 valence electrons. The lowest BCUT2D eigenvalue weighted by molar-refractivity contribution is 0.592. The van der Waals surface area contributed by atoms with Crippen LogP contribution in [0.25, 0.3) is 77.7 Å². The van der Waals surface area contributed by atoms with Crippen LogP contribution in [0.5, 0.6) is 0 Å². The fourth-order valence-corrected chi connectivity index (χ4v) is 11.8. The Morgan fingerprint density at radius 1 is 0.409 bits per heavy atom. The van der Waals surface area contributed by atoms with Crippen LogP contribution in [0.4, 0.5) is 8.78 Å². The SMILES string of the molecule is O=P(c1ccccc1)(c1ccccc1)c1ccc(-c2ccc(-c3ccc(-c4ccc(-c5nc(-c6ccc(F)cc6)nc(C6C=CC(F)=CC6)n5)c5ccccc45)cc3)c3ccccc23)cc1. The molecule has 0 N–H and O–H groups in total. The molecule has 0 spiro atoms. The lowest BCUT2D eigenvalue weighted by Gasteiger charge is -2.20. The Morgan fingerprint density at radius 2 is 0.818 bits per heavy atom. The summed E-state index contributed by atoms with van der Waals surface area (Å²) in [6.45, 7) is 0. The first kappa shape index (κ1) is 40.8. The van der Waals surface area contributed by atoms with Crippen molar-refractivity contribution in [1.29, 1.82) is 0 Å². The fraction of sp³-hybridized carbons (Fsp3) is 0.0339. The Kier molecular flexibility index (Phi) is 10.7. The van der Waals surface area contributed by atoms with Crippen molar-refractivity contribution in [2.45, 2.75) is 12.3 Å². The van der Waals surface area contributed by atoms with Crippen molar-refractivity contribution in [2.75, 3.05) is 0 Å². The highest BCUT2D eigenvalue weighted by atomic mass is 31.2. The first-order chi connectivity index (χ1) is 32.4. The smallest absolute Gasteiger partial charge is 0.171 e. The minimum Gasteiger partial charge on any atom is -0.309 e. The average molecular weight is 876 g/mol. The summed E-state index contributed by atoms with van der Waals surface area (Å²) in [4.78, 5) is 14.7. The predicted octanol–water partition coefficient (Wildman–Crippen LogP) is 14.2. The van der Waals surface area contributed by atoms with Gasteiger partial charge in [-0.15, -0.1) is 0 Å². The zero-order valence-electron chi connectivity index (χ0n) is 35.6. The van der Waals surface area contributed by atoms with Gasteiger partial charge in [0.25, 0.3) is 0 Å². The van der Waals surface area contributed by atoms with Gasteiger partial charge in [-0.25, -0.2) is 23.7 Å². The van der Waals surface area contributed by atoms with Gasteiger partial charge in [0.15, 0.2) is 18.8 Å². The van der Waals surface area contributed by atoms with E-state index in [1.165, 1.54) is 18.2 Å². The van der Waals surface area contributed by atoms with Crippen LogP contribution in [-0.2, 0) is 4.57 Å². The molecule has 1 aliphatic rings. The van der Waals surface area contributed by atoms with Crippen LogP contribution in [-0.4, -0.2) is 15.0 Å². The maximum absolute atomic E-state index is 15.0. The topological polar surface area (TPSA) is 55.7 Å². The summed E-state index contributed by atoms with van der Waals surface area (Å²) in [6.07, 6.45) is 5.19. The zero-order chi connectivity index (χ0) is 44.6. The number of allylic oxidation sites excluding steroid dienone is 4. The van der Waals surface area contributed by atoms with Crippen molar-refractivity contribution in [1.82, 2.24) is 15.0 Å². The van der Waals surface area contributed by atoms with Crippen molar-refractivity contribution >= 4 is 44.6 Å². The predicted molar refractivity (Wildman–Crippen MR) is 267 cm³/mol. The van der Waals surface area contributed by atoms with Crippen molar-refractivity contribution in [2.24, 2.45) is 0 Å². The molecule has 0 bridgehead atoms. The number of rotatable bonds is 9. The fourth-order valence-electron chi connectivity index (χ4n) is 9.14. The molecule has 1 atom stereocenters. The van der Waals surface area contributed by atoms with Crippen molar-refractivity contribution < 1.29 is 13.3 Å². The van der Waals surface area contributed by atoms with Crippen LogP contribution in [0.1, 0.15) is 18.2 Å². The lowest BCUT2D eigenvalue weighted by Crippen LogP contribution is -2.24. The number of aromatic nitrogens is 3. The first-order valence-electron chi connectivity index (χ1n) is 21.9. The molecule has 0 radical (unpaired) electrons. The molecule has 0 saturated carbocycles. The van der Waals surface area contributed by atoms with E-state index in [-0.39, 0.29) is 17.6 Å². The minimum atomic E-state index is -3.09. The average Bonchev–Trinajstić information content (AvgIpc) is 3.38. The molecule has 66 heavy (non-hydrogen) atoms. The molecular formula is C59H40F2N3OP. The van der Waals surface area contributed by atoms with Gasteiger partial charge in [0.2, 0.25) is 0 Å². The van der Waals surface area contributed by atoms with Gasteiger partial charge >= 0.3 is 0 Å². The maximum atomic E-state index is 15.0. The zero-order valence-corrected chi connectivity index (χ0v) is 36.5. The van der Waals surface area contributed by atoms with Crippen molar-refractivity contribution in [3.05, 3.63) is 242 Å². The largest absolute Gasteiger partial charge is 0.309 e. The van der Waals surface area contributed by atoms with Gasteiger partial charge in [-0.2, -0.15) is 0 Å². The Labute approximate surface area is 381 Å². The third-order valence-electron chi connectivity index (χ3n) is 12.5. The Balaban J connectivity index is 0.929. The third-order valence-corrected chi connectivity index (χ3v) is 15.6. The van der Waals surface area contributed by atoms with E-state index in [0.717, 1.165) is 76.4 Å². The van der Waals surface area contributed by atoms with Gasteiger partial charge in [-0.1, -0.05) is 182 Å². The summed E-state index contributed by atoms with van der Waals surface area (Å²) in [6, 6.07) is 67.9. The number of hydrogen-bond donors (Lipinski definition) is 0. The van der Waals surface area contributed by atoms with Gasteiger partial charge in [0.1, 0.15) is 17.5 Å². The molecule has 0 aliphatic heterocycles. The summed E-state index contributed by atoms with van der Waals surface area (Å²) in [5.74, 6) is 0.579. The normalized spacial score (nSPS) is 13.8. The summed E-state index contributed by atoms with van der Waals surface area (Å²) in [5.41, 5.74) is 8.02. The Morgan fingerprint density at radius 3 is 1.30 bits per heavy atom. The van der Waals surface area contributed by atoms with Gasteiger partial charge in [0, 0.05) is 33.0 Å². The number of halogens is 2. The molecule has 7 heteroatoms. The van der Waals surface area contributed by atoms with E-state index < -0.39 is 7.14 Å². The van der Waals surface area contributed by atoms with Gasteiger partial charge < -0.3 is 4.57 Å². The maximum Gasteiger partial charge on any atom is 0.171 e. The second-order valence-corrected chi connectivity index (χ2v) is 19.2.